The predicted octanol–water partition coefficient (Wildman–Crippen LogP) is 2.28. The topological polar surface area (TPSA) is 83.6 Å². The van der Waals surface area contributed by atoms with Crippen molar-refractivity contribution in [2.24, 2.45) is 11.7 Å². The number of benzene rings is 1. The summed E-state index contributed by atoms with van der Waals surface area (Å²) in [7, 11) is 0. The first-order valence-corrected chi connectivity index (χ1v) is 8.30. The minimum absolute atomic E-state index is 0.293. The van der Waals surface area contributed by atoms with Gasteiger partial charge in [0.1, 0.15) is 0 Å². The number of carbonyl (C=O) groups is 2. The average Bonchev–Trinajstić information content (AvgIpc) is 2.52. The average molecular weight is 330 g/mol. The molecule has 2 atom stereocenters. The molecule has 24 heavy (non-hydrogen) atoms. The van der Waals surface area contributed by atoms with Gasteiger partial charge in [0.25, 0.3) is 0 Å². The fraction of sp³-hybridized carbons (Fsp3) is 0.474. The molecule has 5 nitrogen and oxygen atoms in total. The van der Waals surface area contributed by atoms with Crippen molar-refractivity contribution >= 4 is 18.0 Å². The Morgan fingerprint density at radius 1 is 1.25 bits per heavy atom. The molecule has 5 heteroatoms. The molecule has 0 aromatic heterocycles. The number of likely N-dealkylation sites (tertiary alicyclic amines) is 1. The van der Waals surface area contributed by atoms with Gasteiger partial charge in [0.05, 0.1) is 12.0 Å². The van der Waals surface area contributed by atoms with Gasteiger partial charge in [0.2, 0.25) is 5.91 Å². The molecule has 1 aromatic rings. The summed E-state index contributed by atoms with van der Waals surface area (Å²) in [5, 5.41) is 9.14. The van der Waals surface area contributed by atoms with E-state index in [1.807, 2.05) is 11.0 Å². The Balaban J connectivity index is 2.06. The second-order valence-corrected chi connectivity index (χ2v) is 6.67. The Morgan fingerprint density at radius 3 is 2.54 bits per heavy atom. The van der Waals surface area contributed by atoms with E-state index < -0.39 is 23.8 Å². The molecule has 0 aliphatic carbocycles. The quantitative estimate of drug-likeness (QED) is 0.867. The lowest BCUT2D eigenvalue weighted by Crippen LogP contribution is -2.50. The van der Waals surface area contributed by atoms with E-state index in [9.17, 15) is 9.59 Å². The van der Waals surface area contributed by atoms with Crippen molar-refractivity contribution < 1.29 is 14.7 Å². The number of nitrogens with two attached hydrogens (primary N) is 1. The van der Waals surface area contributed by atoms with E-state index in [0.717, 1.165) is 5.56 Å². The van der Waals surface area contributed by atoms with Crippen LogP contribution in [0.3, 0.4) is 0 Å². The van der Waals surface area contributed by atoms with Crippen LogP contribution in [0.25, 0.3) is 6.08 Å². The zero-order valence-electron chi connectivity index (χ0n) is 14.6. The van der Waals surface area contributed by atoms with Crippen LogP contribution in [0.1, 0.15) is 35.1 Å². The Bertz CT molecular complexity index is 667. The van der Waals surface area contributed by atoms with Gasteiger partial charge in [-0.1, -0.05) is 24.3 Å². The Labute approximate surface area is 143 Å². The van der Waals surface area contributed by atoms with Gasteiger partial charge < -0.3 is 10.8 Å². The monoisotopic (exact) mass is 330 g/mol. The third kappa shape index (κ3) is 4.23. The maximum atomic E-state index is 11.7. The second-order valence-electron chi connectivity index (χ2n) is 6.67. The maximum absolute atomic E-state index is 11.7. The fourth-order valence-corrected chi connectivity index (χ4v) is 3.23. The summed E-state index contributed by atoms with van der Waals surface area (Å²) in [6.07, 6.45) is 4.92. The number of amides is 1. The molecule has 1 heterocycles. The highest BCUT2D eigenvalue weighted by Crippen LogP contribution is 2.23. The highest BCUT2D eigenvalue weighted by molar-refractivity contribution is 5.81. The number of nitrogens with zero attached hydrogens (tertiary/aromatic N) is 1. The summed E-state index contributed by atoms with van der Waals surface area (Å²) in [6.45, 7) is 7.43. The highest BCUT2D eigenvalue weighted by atomic mass is 16.4. The minimum atomic E-state index is -0.845. The lowest BCUT2D eigenvalue weighted by atomic mass is 9.90. The Hall–Kier alpha value is -2.14. The van der Waals surface area contributed by atoms with E-state index in [1.165, 1.54) is 16.7 Å². The van der Waals surface area contributed by atoms with Crippen molar-refractivity contribution in [1.82, 2.24) is 4.90 Å². The number of rotatable bonds is 5. The number of carboxylic acid groups (broad SMARTS) is 1. The van der Waals surface area contributed by atoms with Crippen LogP contribution in [0.4, 0.5) is 0 Å². The van der Waals surface area contributed by atoms with E-state index in [2.05, 4.69) is 39.0 Å². The molecular formula is C19H26N2O3. The molecule has 1 aliphatic rings. The molecular weight excluding hydrogens is 304 g/mol. The zero-order valence-corrected chi connectivity index (χ0v) is 14.6. The number of carbonyl (C=O) groups excluding carboxylic acids is 1. The van der Waals surface area contributed by atoms with E-state index in [-0.39, 0.29) is 0 Å². The Morgan fingerprint density at radius 2 is 1.92 bits per heavy atom. The van der Waals surface area contributed by atoms with Crippen molar-refractivity contribution in [2.45, 2.75) is 39.7 Å². The molecule has 0 saturated carbocycles. The smallest absolute Gasteiger partial charge is 0.306 e. The summed E-state index contributed by atoms with van der Waals surface area (Å²) in [4.78, 5) is 24.8. The van der Waals surface area contributed by atoms with Gasteiger partial charge in [-0.25, -0.2) is 0 Å². The molecule has 3 N–H and O–H groups in total. The van der Waals surface area contributed by atoms with Gasteiger partial charge in [-0.2, -0.15) is 0 Å². The second kappa shape index (κ2) is 7.62. The van der Waals surface area contributed by atoms with Crippen molar-refractivity contribution in [3.05, 3.63) is 40.5 Å². The summed E-state index contributed by atoms with van der Waals surface area (Å²) in [5.41, 5.74) is 10.4. The molecule has 1 aliphatic heterocycles. The molecule has 130 valence electrons. The van der Waals surface area contributed by atoms with Crippen molar-refractivity contribution in [2.75, 3.05) is 13.1 Å². The molecule has 0 unspecified atom stereocenters. The van der Waals surface area contributed by atoms with Crippen LogP contribution in [-0.2, 0) is 9.59 Å². The van der Waals surface area contributed by atoms with Crippen LogP contribution in [0.2, 0.25) is 0 Å². The first-order valence-electron chi connectivity index (χ1n) is 8.30. The van der Waals surface area contributed by atoms with Gasteiger partial charge in [0, 0.05) is 13.1 Å². The summed E-state index contributed by atoms with van der Waals surface area (Å²) in [6, 6.07) is 3.81. The van der Waals surface area contributed by atoms with Crippen molar-refractivity contribution in [1.29, 1.82) is 0 Å². The molecule has 1 aromatic carbocycles. The highest BCUT2D eigenvalue weighted by Gasteiger charge is 2.34. The molecule has 1 amide bonds. The van der Waals surface area contributed by atoms with Crippen LogP contribution in [0, 0.1) is 26.7 Å². The first-order chi connectivity index (χ1) is 11.3. The maximum Gasteiger partial charge on any atom is 0.306 e. The number of hydrogen-bond donors (Lipinski definition) is 2. The van der Waals surface area contributed by atoms with E-state index in [1.54, 1.807) is 0 Å². The van der Waals surface area contributed by atoms with Gasteiger partial charge in [0.15, 0.2) is 0 Å². The van der Waals surface area contributed by atoms with Crippen molar-refractivity contribution in [3.63, 3.8) is 0 Å². The largest absolute Gasteiger partial charge is 0.481 e. The van der Waals surface area contributed by atoms with E-state index in [4.69, 9.17) is 10.8 Å². The van der Waals surface area contributed by atoms with Crippen LogP contribution in [0.5, 0.6) is 0 Å². The first kappa shape index (κ1) is 18.2. The summed E-state index contributed by atoms with van der Waals surface area (Å²) >= 11 is 0. The normalized spacial score (nSPS) is 22.0. The van der Waals surface area contributed by atoms with Crippen LogP contribution in [-0.4, -0.2) is 41.0 Å². The number of aryl methyl sites for hydroxylation is 3. The molecule has 1 fully saturated rings. The number of hydrogen-bond acceptors (Lipinski definition) is 3. The number of carboxylic acids is 1. The van der Waals surface area contributed by atoms with Crippen LogP contribution < -0.4 is 5.73 Å². The third-order valence-corrected chi connectivity index (χ3v) is 4.91. The number of piperidine rings is 1. The number of aliphatic carboxylic acids is 1. The number of primary amides is 1. The third-order valence-electron chi connectivity index (χ3n) is 4.91. The molecule has 0 bridgehead atoms. The zero-order chi connectivity index (χ0) is 17.9. The van der Waals surface area contributed by atoms with Gasteiger partial charge in [-0.05, 0) is 55.9 Å². The van der Waals surface area contributed by atoms with Crippen molar-refractivity contribution in [3.8, 4) is 0 Å². The molecule has 1 saturated heterocycles. The lowest BCUT2D eigenvalue weighted by Gasteiger charge is -2.35. The van der Waals surface area contributed by atoms with Crippen LogP contribution >= 0.6 is 0 Å². The van der Waals surface area contributed by atoms with Crippen LogP contribution in [0.15, 0.2) is 18.2 Å². The molecule has 2 rings (SSSR count). The fourth-order valence-electron chi connectivity index (χ4n) is 3.23. The Kier molecular flexibility index (Phi) is 5.78. The lowest BCUT2D eigenvalue weighted by molar-refractivity contribution is -0.144. The van der Waals surface area contributed by atoms with Gasteiger partial charge in [-0.3, -0.25) is 14.5 Å². The van der Waals surface area contributed by atoms with Gasteiger partial charge in [-0.15, -0.1) is 0 Å². The standard InChI is InChI=1S/C19H26N2O3/c1-12-9-14(3)15(10-13(12)2)5-4-7-21-8-6-16(19(23)24)11-17(21)18(20)22/h4-5,9-10,16-17H,6-8,11H2,1-3H3,(H2,20,22)(H,23,24)/b5-4+/t16-,17+/m0/s1. The van der Waals surface area contributed by atoms with Gasteiger partial charge >= 0.3 is 5.97 Å². The van der Waals surface area contributed by atoms with E-state index >= 15 is 0 Å². The molecule has 0 radical (unpaired) electrons. The van der Waals surface area contributed by atoms with E-state index in [0.29, 0.717) is 25.9 Å². The SMILES string of the molecule is Cc1cc(C)c(/C=C/CN2CC[C@H](C(=O)O)C[C@@H]2C(N)=O)cc1C. The molecule has 0 spiro atoms. The minimum Gasteiger partial charge on any atom is -0.481 e. The predicted molar refractivity (Wildman–Crippen MR) is 94.6 cm³/mol. The summed E-state index contributed by atoms with van der Waals surface area (Å²) < 4.78 is 0. The summed E-state index contributed by atoms with van der Waals surface area (Å²) in [5.74, 6) is -1.77.